The predicted octanol–water partition coefficient (Wildman–Crippen LogP) is 3.58. The molecule has 7 heteroatoms. The van der Waals surface area contributed by atoms with Crippen molar-refractivity contribution in [3.8, 4) is 0 Å². The lowest BCUT2D eigenvalue weighted by molar-refractivity contribution is -0.122. The number of carbonyl (C=O) groups is 1. The number of fused-ring (bicyclic) bond motifs is 1. The molecule has 1 aliphatic rings. The summed E-state index contributed by atoms with van der Waals surface area (Å²) in [5.74, 6) is 1.82. The zero-order valence-corrected chi connectivity index (χ0v) is 19.4. The van der Waals surface area contributed by atoms with Gasteiger partial charge in [-0.3, -0.25) is 4.79 Å². The Morgan fingerprint density at radius 3 is 2.47 bits per heavy atom. The minimum Gasteiger partial charge on any atom is -0.365 e. The number of hydrogen-bond acceptors (Lipinski definition) is 6. The average molecular weight is 433 g/mol. The lowest BCUT2D eigenvalue weighted by atomic mass is 9.96. The van der Waals surface area contributed by atoms with Crippen molar-refractivity contribution in [3.05, 3.63) is 53.6 Å². The standard InChI is InChI=1S/C25H32N6O/c1-17-5-10-21-22(15-17)28-25(30(2)3)29-23(21)27-16-18-6-8-20(9-7-18)31(4)24(32)19-11-13-26-14-12-19/h5-10,15,19,26H,11-14,16H2,1-4H3,(H,27,28,29). The monoisotopic (exact) mass is 432 g/mol. The van der Waals surface area contributed by atoms with Crippen molar-refractivity contribution in [1.29, 1.82) is 0 Å². The number of aromatic nitrogens is 2. The molecule has 0 unspecified atom stereocenters. The highest BCUT2D eigenvalue weighted by Gasteiger charge is 2.24. The highest BCUT2D eigenvalue weighted by atomic mass is 16.2. The fraction of sp³-hybridized carbons (Fsp3) is 0.400. The maximum Gasteiger partial charge on any atom is 0.229 e. The number of carbonyl (C=O) groups excluding carboxylic acids is 1. The molecule has 1 aromatic heterocycles. The van der Waals surface area contributed by atoms with Gasteiger partial charge in [0.2, 0.25) is 11.9 Å². The van der Waals surface area contributed by atoms with Gasteiger partial charge in [-0.1, -0.05) is 18.2 Å². The van der Waals surface area contributed by atoms with E-state index in [0.717, 1.165) is 53.9 Å². The van der Waals surface area contributed by atoms with Crippen LogP contribution in [0.4, 0.5) is 17.5 Å². The zero-order chi connectivity index (χ0) is 22.7. The molecule has 2 heterocycles. The maximum atomic E-state index is 12.8. The highest BCUT2D eigenvalue weighted by molar-refractivity contribution is 5.94. The summed E-state index contributed by atoms with van der Waals surface area (Å²) in [4.78, 5) is 25.9. The Kier molecular flexibility index (Phi) is 6.55. The van der Waals surface area contributed by atoms with E-state index in [1.54, 1.807) is 4.90 Å². The van der Waals surface area contributed by atoms with E-state index in [4.69, 9.17) is 4.98 Å². The molecule has 1 aliphatic heterocycles. The van der Waals surface area contributed by atoms with Gasteiger partial charge in [0.1, 0.15) is 5.82 Å². The second kappa shape index (κ2) is 9.53. The zero-order valence-electron chi connectivity index (χ0n) is 19.4. The first-order valence-electron chi connectivity index (χ1n) is 11.2. The Morgan fingerprint density at radius 1 is 1.06 bits per heavy atom. The molecule has 0 saturated carbocycles. The van der Waals surface area contributed by atoms with Gasteiger partial charge in [-0.15, -0.1) is 0 Å². The third-order valence-electron chi connectivity index (χ3n) is 6.04. The number of piperidine rings is 1. The summed E-state index contributed by atoms with van der Waals surface area (Å²) >= 11 is 0. The molecule has 0 radical (unpaired) electrons. The van der Waals surface area contributed by atoms with Crippen LogP contribution in [0.3, 0.4) is 0 Å². The van der Waals surface area contributed by atoms with Gasteiger partial charge in [0.15, 0.2) is 0 Å². The van der Waals surface area contributed by atoms with Crippen LogP contribution in [0, 0.1) is 12.8 Å². The minimum atomic E-state index is 0.114. The molecule has 0 atom stereocenters. The normalized spacial score (nSPS) is 14.4. The van der Waals surface area contributed by atoms with Crippen molar-refractivity contribution in [2.24, 2.45) is 5.92 Å². The van der Waals surface area contributed by atoms with Crippen molar-refractivity contribution in [2.45, 2.75) is 26.3 Å². The Bertz CT molecular complexity index is 1090. The molecule has 4 rings (SSSR count). The number of anilines is 3. The Balaban J connectivity index is 1.47. The van der Waals surface area contributed by atoms with E-state index in [0.29, 0.717) is 12.5 Å². The number of aryl methyl sites for hydroxylation is 1. The maximum absolute atomic E-state index is 12.8. The van der Waals surface area contributed by atoms with Gasteiger partial charge in [-0.2, -0.15) is 4.98 Å². The van der Waals surface area contributed by atoms with Crippen LogP contribution in [0.5, 0.6) is 0 Å². The molecule has 2 N–H and O–H groups in total. The number of rotatable bonds is 6. The first-order chi connectivity index (χ1) is 15.4. The first kappa shape index (κ1) is 22.0. The summed E-state index contributed by atoms with van der Waals surface area (Å²) in [7, 11) is 5.76. The van der Waals surface area contributed by atoms with Crippen LogP contribution in [-0.2, 0) is 11.3 Å². The second-order valence-corrected chi connectivity index (χ2v) is 8.73. The summed E-state index contributed by atoms with van der Waals surface area (Å²) in [5.41, 5.74) is 4.15. The van der Waals surface area contributed by atoms with E-state index >= 15 is 0 Å². The second-order valence-electron chi connectivity index (χ2n) is 8.73. The first-order valence-corrected chi connectivity index (χ1v) is 11.2. The van der Waals surface area contributed by atoms with Gasteiger partial charge in [-0.05, 0) is 68.2 Å². The molecule has 0 aliphatic carbocycles. The molecule has 1 amide bonds. The molecule has 2 aromatic carbocycles. The van der Waals surface area contributed by atoms with Gasteiger partial charge in [0, 0.05) is 44.7 Å². The summed E-state index contributed by atoms with van der Waals surface area (Å²) < 4.78 is 0. The number of hydrogen-bond donors (Lipinski definition) is 2. The van der Waals surface area contributed by atoms with E-state index in [2.05, 4.69) is 52.9 Å². The SMILES string of the molecule is Cc1ccc2c(NCc3ccc(N(C)C(=O)C4CCNCC4)cc3)nc(N(C)C)nc2c1. The molecule has 1 saturated heterocycles. The predicted molar refractivity (Wildman–Crippen MR) is 131 cm³/mol. The van der Waals surface area contributed by atoms with Crippen molar-refractivity contribution < 1.29 is 4.79 Å². The van der Waals surface area contributed by atoms with E-state index in [-0.39, 0.29) is 11.8 Å². The fourth-order valence-electron chi connectivity index (χ4n) is 4.06. The van der Waals surface area contributed by atoms with Crippen molar-refractivity contribution in [3.63, 3.8) is 0 Å². The Hall–Kier alpha value is -3.19. The topological polar surface area (TPSA) is 73.4 Å². The quantitative estimate of drug-likeness (QED) is 0.620. The average Bonchev–Trinajstić information content (AvgIpc) is 2.82. The molecular formula is C25H32N6O. The Morgan fingerprint density at radius 2 is 1.78 bits per heavy atom. The summed E-state index contributed by atoms with van der Waals surface area (Å²) in [5, 5.41) is 7.80. The van der Waals surface area contributed by atoms with Crippen molar-refractivity contribution in [2.75, 3.05) is 49.3 Å². The summed E-state index contributed by atoms with van der Waals surface area (Å²) in [6.45, 7) is 4.54. The molecule has 0 bridgehead atoms. The van der Waals surface area contributed by atoms with Crippen LogP contribution >= 0.6 is 0 Å². The smallest absolute Gasteiger partial charge is 0.229 e. The van der Waals surface area contributed by atoms with Crippen LogP contribution in [-0.4, -0.2) is 50.1 Å². The van der Waals surface area contributed by atoms with Gasteiger partial charge in [0.25, 0.3) is 0 Å². The molecule has 32 heavy (non-hydrogen) atoms. The Labute approximate surface area is 189 Å². The van der Waals surface area contributed by atoms with Crippen LogP contribution < -0.4 is 20.4 Å². The summed E-state index contributed by atoms with van der Waals surface area (Å²) in [6, 6.07) is 14.4. The largest absolute Gasteiger partial charge is 0.365 e. The van der Waals surface area contributed by atoms with Gasteiger partial charge in [-0.25, -0.2) is 4.98 Å². The number of amides is 1. The van der Waals surface area contributed by atoms with Crippen molar-refractivity contribution >= 4 is 34.3 Å². The number of nitrogens with zero attached hydrogens (tertiary/aromatic N) is 4. The number of benzene rings is 2. The van der Waals surface area contributed by atoms with Crippen LogP contribution in [0.2, 0.25) is 0 Å². The third-order valence-corrected chi connectivity index (χ3v) is 6.04. The fourth-order valence-corrected chi connectivity index (χ4v) is 4.06. The van der Waals surface area contributed by atoms with Crippen LogP contribution in [0.15, 0.2) is 42.5 Å². The van der Waals surface area contributed by atoms with Crippen LogP contribution in [0.25, 0.3) is 10.9 Å². The van der Waals surface area contributed by atoms with Gasteiger partial charge >= 0.3 is 0 Å². The van der Waals surface area contributed by atoms with E-state index in [9.17, 15) is 4.79 Å². The van der Waals surface area contributed by atoms with E-state index < -0.39 is 0 Å². The molecule has 1 fully saturated rings. The van der Waals surface area contributed by atoms with Gasteiger partial charge in [0.05, 0.1) is 5.52 Å². The summed E-state index contributed by atoms with van der Waals surface area (Å²) in [6.07, 6.45) is 1.82. The third kappa shape index (κ3) is 4.83. The molecule has 7 nitrogen and oxygen atoms in total. The molecule has 168 valence electrons. The molecular weight excluding hydrogens is 400 g/mol. The lowest BCUT2D eigenvalue weighted by Gasteiger charge is -2.27. The minimum absolute atomic E-state index is 0.114. The highest BCUT2D eigenvalue weighted by Crippen LogP contribution is 2.25. The number of nitrogens with one attached hydrogen (secondary N) is 2. The molecule has 0 spiro atoms. The van der Waals surface area contributed by atoms with Crippen LogP contribution in [0.1, 0.15) is 24.0 Å². The molecule has 3 aromatic rings. The van der Waals surface area contributed by atoms with E-state index in [1.165, 1.54) is 5.56 Å². The van der Waals surface area contributed by atoms with Gasteiger partial charge < -0.3 is 20.4 Å². The van der Waals surface area contributed by atoms with Crippen molar-refractivity contribution in [1.82, 2.24) is 15.3 Å². The lowest BCUT2D eigenvalue weighted by Crippen LogP contribution is -2.39. The van der Waals surface area contributed by atoms with E-state index in [1.807, 2.05) is 38.2 Å².